The summed E-state index contributed by atoms with van der Waals surface area (Å²) in [5.74, 6) is 0.977. The predicted molar refractivity (Wildman–Crippen MR) is 102 cm³/mol. The van der Waals surface area contributed by atoms with Gasteiger partial charge in [0.15, 0.2) is 0 Å². The highest BCUT2D eigenvalue weighted by molar-refractivity contribution is 5.43. The van der Waals surface area contributed by atoms with E-state index in [9.17, 15) is 5.11 Å². The van der Waals surface area contributed by atoms with Crippen LogP contribution in [0.25, 0.3) is 0 Å². The highest BCUT2D eigenvalue weighted by atomic mass is 16.5. The van der Waals surface area contributed by atoms with Gasteiger partial charge in [0.05, 0.1) is 7.11 Å². The Balaban J connectivity index is 1.67. The van der Waals surface area contributed by atoms with E-state index in [0.717, 1.165) is 44.4 Å². The highest BCUT2D eigenvalue weighted by Crippen LogP contribution is 2.29. The van der Waals surface area contributed by atoms with E-state index in [1.54, 1.807) is 7.11 Å². The van der Waals surface area contributed by atoms with Gasteiger partial charge < -0.3 is 9.84 Å². The molecule has 0 bridgehead atoms. The van der Waals surface area contributed by atoms with Crippen LogP contribution in [-0.4, -0.2) is 60.3 Å². The molecule has 0 aromatic heterocycles. The minimum absolute atomic E-state index is 0.294. The van der Waals surface area contributed by atoms with E-state index < -0.39 is 0 Å². The second kappa shape index (κ2) is 8.52. The van der Waals surface area contributed by atoms with E-state index >= 15 is 0 Å². The van der Waals surface area contributed by atoms with E-state index in [-0.39, 0.29) is 0 Å². The maximum atomic E-state index is 9.53. The van der Waals surface area contributed by atoms with E-state index in [4.69, 9.17) is 4.74 Å². The van der Waals surface area contributed by atoms with Gasteiger partial charge in [-0.25, -0.2) is 0 Å². The zero-order valence-electron chi connectivity index (χ0n) is 16.1. The molecule has 1 heterocycles. The molecular formula is C21H34N2O2. The van der Waals surface area contributed by atoms with Crippen molar-refractivity contribution in [1.29, 1.82) is 0 Å². The molecule has 0 unspecified atom stereocenters. The maximum Gasteiger partial charge on any atom is 0.122 e. The van der Waals surface area contributed by atoms with Crippen molar-refractivity contribution in [3.8, 4) is 5.75 Å². The summed E-state index contributed by atoms with van der Waals surface area (Å²) in [7, 11) is 1.74. The molecule has 3 rings (SSSR count). The Kier molecular flexibility index (Phi) is 6.37. The highest BCUT2D eigenvalue weighted by Gasteiger charge is 2.33. The van der Waals surface area contributed by atoms with Crippen molar-refractivity contribution in [1.82, 2.24) is 9.80 Å². The molecule has 140 valence electrons. The number of benzene rings is 1. The van der Waals surface area contributed by atoms with Crippen molar-refractivity contribution in [2.75, 3.05) is 33.4 Å². The molecule has 1 aliphatic carbocycles. The largest absolute Gasteiger partial charge is 0.496 e. The Morgan fingerprint density at radius 3 is 2.56 bits per heavy atom. The van der Waals surface area contributed by atoms with Gasteiger partial charge in [-0.3, -0.25) is 9.80 Å². The fourth-order valence-corrected chi connectivity index (χ4v) is 4.69. The quantitative estimate of drug-likeness (QED) is 0.858. The number of methoxy groups -OCH3 is 1. The van der Waals surface area contributed by atoms with Crippen LogP contribution in [0.3, 0.4) is 0 Å². The van der Waals surface area contributed by atoms with Gasteiger partial charge in [-0.15, -0.1) is 0 Å². The lowest BCUT2D eigenvalue weighted by Crippen LogP contribution is -2.56. The molecule has 1 saturated heterocycles. The van der Waals surface area contributed by atoms with E-state index in [1.807, 2.05) is 0 Å². The van der Waals surface area contributed by atoms with Gasteiger partial charge in [0.1, 0.15) is 5.75 Å². The Morgan fingerprint density at radius 2 is 1.88 bits per heavy atom. The number of rotatable bonds is 6. The standard InChI is InChI=1S/C21H34N2O2/c1-16-17(2)21(25-3)9-8-18(16)14-22-11-12-23(19-6-4-5-7-19)20(15-22)10-13-24/h8-9,19-20,24H,4-7,10-15H2,1-3H3/t20-/m1/s1. The molecule has 0 radical (unpaired) electrons. The number of aliphatic hydroxyl groups excluding tert-OH is 1. The molecular weight excluding hydrogens is 312 g/mol. The summed E-state index contributed by atoms with van der Waals surface area (Å²) in [5, 5.41) is 9.53. The summed E-state index contributed by atoms with van der Waals surface area (Å²) in [6.07, 6.45) is 6.34. The Bertz CT molecular complexity index is 569. The smallest absolute Gasteiger partial charge is 0.122 e. The van der Waals surface area contributed by atoms with Crippen LogP contribution in [0.1, 0.15) is 48.8 Å². The second-order valence-corrected chi connectivity index (χ2v) is 7.75. The summed E-state index contributed by atoms with van der Waals surface area (Å²) in [6, 6.07) is 5.56. The maximum absolute atomic E-state index is 9.53. The molecule has 1 aromatic carbocycles. The molecule has 1 aromatic rings. The van der Waals surface area contributed by atoms with Crippen LogP contribution >= 0.6 is 0 Å². The van der Waals surface area contributed by atoms with Crippen LogP contribution in [-0.2, 0) is 6.54 Å². The fourth-order valence-electron chi connectivity index (χ4n) is 4.69. The van der Waals surface area contributed by atoms with Gasteiger partial charge >= 0.3 is 0 Å². The van der Waals surface area contributed by atoms with Gasteiger partial charge in [0.25, 0.3) is 0 Å². The Labute approximate surface area is 152 Å². The molecule has 4 nitrogen and oxygen atoms in total. The van der Waals surface area contributed by atoms with Gasteiger partial charge in [0.2, 0.25) is 0 Å². The third-order valence-electron chi connectivity index (χ3n) is 6.33. The van der Waals surface area contributed by atoms with Crippen molar-refractivity contribution in [3.05, 3.63) is 28.8 Å². The van der Waals surface area contributed by atoms with Crippen molar-refractivity contribution < 1.29 is 9.84 Å². The first kappa shape index (κ1) is 18.7. The van der Waals surface area contributed by atoms with Gasteiger partial charge in [-0.2, -0.15) is 0 Å². The van der Waals surface area contributed by atoms with Crippen LogP contribution < -0.4 is 4.74 Å². The van der Waals surface area contributed by atoms with Crippen molar-refractivity contribution in [2.24, 2.45) is 0 Å². The molecule has 2 fully saturated rings. The zero-order chi connectivity index (χ0) is 17.8. The third kappa shape index (κ3) is 4.18. The first-order valence-electron chi connectivity index (χ1n) is 9.86. The lowest BCUT2D eigenvalue weighted by molar-refractivity contribution is 0.0266. The number of hydrogen-bond donors (Lipinski definition) is 1. The van der Waals surface area contributed by atoms with Gasteiger partial charge in [-0.05, 0) is 55.9 Å². The summed E-state index contributed by atoms with van der Waals surface area (Å²) < 4.78 is 5.44. The number of piperazine rings is 1. The first-order valence-corrected chi connectivity index (χ1v) is 9.86. The van der Waals surface area contributed by atoms with Crippen LogP contribution in [0.2, 0.25) is 0 Å². The van der Waals surface area contributed by atoms with Gasteiger partial charge in [0, 0.05) is 44.9 Å². The molecule has 1 N–H and O–H groups in total. The average Bonchev–Trinajstić information content (AvgIpc) is 3.14. The molecule has 1 atom stereocenters. The summed E-state index contributed by atoms with van der Waals surface area (Å²) in [5.41, 5.74) is 3.99. The predicted octanol–water partition coefficient (Wildman–Crippen LogP) is 3.12. The second-order valence-electron chi connectivity index (χ2n) is 7.75. The van der Waals surface area contributed by atoms with Crippen LogP contribution in [0.4, 0.5) is 0 Å². The number of aliphatic hydroxyl groups is 1. The summed E-state index contributed by atoms with van der Waals surface area (Å²) >= 11 is 0. The number of ether oxygens (including phenoxy) is 1. The average molecular weight is 347 g/mol. The van der Waals surface area contributed by atoms with Crippen LogP contribution in [0, 0.1) is 13.8 Å². The molecule has 0 spiro atoms. The molecule has 4 heteroatoms. The van der Waals surface area contributed by atoms with E-state index in [0.29, 0.717) is 12.6 Å². The molecule has 2 aliphatic rings. The lowest BCUT2D eigenvalue weighted by Gasteiger charge is -2.44. The van der Waals surface area contributed by atoms with Gasteiger partial charge in [-0.1, -0.05) is 18.9 Å². The SMILES string of the molecule is COc1ccc(CN2CCN(C3CCCC3)[C@H](CCO)C2)c(C)c1C. The molecule has 1 aliphatic heterocycles. The molecule has 25 heavy (non-hydrogen) atoms. The van der Waals surface area contributed by atoms with Crippen molar-refractivity contribution in [2.45, 2.75) is 64.6 Å². The van der Waals surface area contributed by atoms with Crippen LogP contribution in [0.15, 0.2) is 12.1 Å². The normalized spacial score (nSPS) is 23.3. The summed E-state index contributed by atoms with van der Waals surface area (Å²) in [4.78, 5) is 5.27. The minimum atomic E-state index is 0.294. The topological polar surface area (TPSA) is 35.9 Å². The van der Waals surface area contributed by atoms with Crippen molar-refractivity contribution >= 4 is 0 Å². The minimum Gasteiger partial charge on any atom is -0.496 e. The Hall–Kier alpha value is -1.10. The Morgan fingerprint density at radius 1 is 1.12 bits per heavy atom. The monoisotopic (exact) mass is 346 g/mol. The van der Waals surface area contributed by atoms with E-state index in [1.165, 1.54) is 42.4 Å². The molecule has 1 saturated carbocycles. The molecule has 0 amide bonds. The first-order chi connectivity index (χ1) is 12.1. The van der Waals surface area contributed by atoms with Crippen LogP contribution in [0.5, 0.6) is 5.75 Å². The fraction of sp³-hybridized carbons (Fsp3) is 0.714. The third-order valence-corrected chi connectivity index (χ3v) is 6.33. The number of hydrogen-bond acceptors (Lipinski definition) is 4. The number of nitrogens with zero attached hydrogens (tertiary/aromatic N) is 2. The van der Waals surface area contributed by atoms with Crippen molar-refractivity contribution in [3.63, 3.8) is 0 Å². The zero-order valence-corrected chi connectivity index (χ0v) is 16.1. The lowest BCUT2D eigenvalue weighted by atomic mass is 10.00. The summed E-state index contributed by atoms with van der Waals surface area (Å²) in [6.45, 7) is 8.98. The van der Waals surface area contributed by atoms with E-state index in [2.05, 4.69) is 35.8 Å².